The Morgan fingerprint density at radius 1 is 1.03 bits per heavy atom. The molecule has 1 aliphatic heterocycles. The quantitative estimate of drug-likeness (QED) is 0.343. The van der Waals surface area contributed by atoms with E-state index in [-0.39, 0.29) is 12.0 Å². The number of benzene rings is 2. The molecule has 0 amide bonds. The largest absolute Gasteiger partial charge is 0.377 e. The number of para-hydroxylation sites is 2. The van der Waals surface area contributed by atoms with Crippen LogP contribution in [0.2, 0.25) is 0 Å². The Kier molecular flexibility index (Phi) is 8.14. The van der Waals surface area contributed by atoms with Crippen LogP contribution in [0.5, 0.6) is 0 Å². The van der Waals surface area contributed by atoms with Gasteiger partial charge in [0.25, 0.3) is 0 Å². The molecule has 1 fully saturated rings. The number of aromatic nitrogens is 1. The predicted octanol–water partition coefficient (Wildman–Crippen LogP) is 5.50. The van der Waals surface area contributed by atoms with Crippen molar-refractivity contribution in [2.45, 2.75) is 38.8 Å². The molecular formula is C27H35N5. The topological polar surface area (TPSA) is 53.4 Å². The van der Waals surface area contributed by atoms with Gasteiger partial charge >= 0.3 is 0 Å². The molecule has 5 heteroatoms. The van der Waals surface area contributed by atoms with E-state index in [1.165, 1.54) is 16.5 Å². The third-order valence-electron chi connectivity index (χ3n) is 5.54. The number of nitrogens with one attached hydrogen (secondary N) is 3. The van der Waals surface area contributed by atoms with Crippen LogP contribution in [0.25, 0.3) is 10.9 Å². The summed E-state index contributed by atoms with van der Waals surface area (Å²) < 4.78 is 2.36. The molecule has 4 rings (SSSR count). The number of hydrogen-bond acceptors (Lipinski definition) is 3. The van der Waals surface area contributed by atoms with Gasteiger partial charge in [-0.2, -0.15) is 0 Å². The Morgan fingerprint density at radius 3 is 2.41 bits per heavy atom. The summed E-state index contributed by atoms with van der Waals surface area (Å²) in [7, 11) is 1.74. The molecule has 1 aliphatic rings. The predicted molar refractivity (Wildman–Crippen MR) is 138 cm³/mol. The first-order valence-electron chi connectivity index (χ1n) is 11.3. The summed E-state index contributed by atoms with van der Waals surface area (Å²) in [5.74, 6) is 0.144. The third-order valence-corrected chi connectivity index (χ3v) is 5.54. The molecule has 3 N–H and O–H groups in total. The first-order valence-corrected chi connectivity index (χ1v) is 11.3. The number of hydrogen-bond donors (Lipinski definition) is 3. The molecule has 0 bridgehead atoms. The normalized spacial score (nSPS) is 17.8. The smallest absolute Gasteiger partial charge is 0.0820 e. The summed E-state index contributed by atoms with van der Waals surface area (Å²) in [5.41, 5.74) is 5.66. The number of anilines is 1. The lowest BCUT2D eigenvalue weighted by molar-refractivity contribution is 0.693. The highest BCUT2D eigenvalue weighted by atomic mass is 15.1. The van der Waals surface area contributed by atoms with Gasteiger partial charge in [-0.1, -0.05) is 56.5 Å². The van der Waals surface area contributed by atoms with Crippen molar-refractivity contribution in [2.24, 2.45) is 4.99 Å². The lowest BCUT2D eigenvalue weighted by Crippen LogP contribution is -2.24. The molecule has 2 aromatic carbocycles. The van der Waals surface area contributed by atoms with E-state index >= 15 is 0 Å². The SMILES string of the molecule is C=C1NC(=C)C(c2cn(CCC)c3ccccc23)C1Nc1ccccc1.CCNC=NC. The van der Waals surface area contributed by atoms with Crippen molar-refractivity contribution in [3.05, 3.63) is 90.9 Å². The average molecular weight is 430 g/mol. The van der Waals surface area contributed by atoms with Gasteiger partial charge in [0.2, 0.25) is 0 Å². The van der Waals surface area contributed by atoms with Crippen molar-refractivity contribution in [1.82, 2.24) is 15.2 Å². The molecule has 0 aliphatic carbocycles. The van der Waals surface area contributed by atoms with Gasteiger partial charge in [-0.25, -0.2) is 0 Å². The van der Waals surface area contributed by atoms with E-state index in [1.807, 2.05) is 25.1 Å². The minimum Gasteiger partial charge on any atom is -0.377 e. The van der Waals surface area contributed by atoms with E-state index in [1.54, 1.807) is 13.4 Å². The van der Waals surface area contributed by atoms with Crippen LogP contribution in [0.15, 0.2) is 90.3 Å². The van der Waals surface area contributed by atoms with Crippen molar-refractivity contribution in [1.29, 1.82) is 0 Å². The van der Waals surface area contributed by atoms with Crippen LogP contribution < -0.4 is 16.0 Å². The summed E-state index contributed by atoms with van der Waals surface area (Å²) in [5, 5.41) is 11.2. The highest BCUT2D eigenvalue weighted by Crippen LogP contribution is 2.40. The van der Waals surface area contributed by atoms with Gasteiger partial charge in [-0.15, -0.1) is 0 Å². The summed E-state index contributed by atoms with van der Waals surface area (Å²) in [4.78, 5) is 3.69. The second-order valence-corrected chi connectivity index (χ2v) is 7.88. The van der Waals surface area contributed by atoms with Crippen molar-refractivity contribution >= 4 is 22.9 Å². The summed E-state index contributed by atoms with van der Waals surface area (Å²) in [6.45, 7) is 14.8. The van der Waals surface area contributed by atoms with Crippen LogP contribution in [0.3, 0.4) is 0 Å². The van der Waals surface area contributed by atoms with Crippen LogP contribution in [0.1, 0.15) is 31.7 Å². The zero-order valence-electron chi connectivity index (χ0n) is 19.4. The lowest BCUT2D eigenvalue weighted by atomic mass is 9.90. The van der Waals surface area contributed by atoms with Crippen LogP contribution in [-0.2, 0) is 6.54 Å². The van der Waals surface area contributed by atoms with E-state index in [9.17, 15) is 0 Å². The number of aryl methyl sites for hydroxylation is 1. The fourth-order valence-corrected chi connectivity index (χ4v) is 4.15. The molecule has 0 spiro atoms. The van der Waals surface area contributed by atoms with Crippen molar-refractivity contribution < 1.29 is 0 Å². The molecular weight excluding hydrogens is 394 g/mol. The van der Waals surface area contributed by atoms with Crippen molar-refractivity contribution in [3.8, 4) is 0 Å². The van der Waals surface area contributed by atoms with Gasteiger partial charge in [0.05, 0.1) is 18.3 Å². The maximum atomic E-state index is 4.30. The zero-order valence-corrected chi connectivity index (χ0v) is 19.4. The number of nitrogens with zero attached hydrogens (tertiary/aromatic N) is 2. The molecule has 168 valence electrons. The molecule has 2 unspecified atom stereocenters. The lowest BCUT2D eigenvalue weighted by Gasteiger charge is -2.21. The summed E-state index contributed by atoms with van der Waals surface area (Å²) in [6.07, 6.45) is 5.09. The maximum Gasteiger partial charge on any atom is 0.0820 e. The van der Waals surface area contributed by atoms with Crippen LogP contribution in [0.4, 0.5) is 5.69 Å². The monoisotopic (exact) mass is 429 g/mol. The highest BCUT2D eigenvalue weighted by Gasteiger charge is 2.36. The first-order chi connectivity index (χ1) is 15.6. The van der Waals surface area contributed by atoms with Crippen LogP contribution in [0, 0.1) is 0 Å². The van der Waals surface area contributed by atoms with E-state index in [2.05, 4.69) is 88.2 Å². The van der Waals surface area contributed by atoms with Gasteiger partial charge in [0.15, 0.2) is 0 Å². The Morgan fingerprint density at radius 2 is 1.75 bits per heavy atom. The van der Waals surface area contributed by atoms with Crippen molar-refractivity contribution in [3.63, 3.8) is 0 Å². The molecule has 2 heterocycles. The maximum absolute atomic E-state index is 4.30. The van der Waals surface area contributed by atoms with Gasteiger partial charge < -0.3 is 20.5 Å². The standard InChI is InChI=1S/C23H25N3.C4H10N2/c1-4-14-26-15-20(19-12-8-9-13-21(19)26)22-16(2)24-17(3)23(22)25-18-10-6-5-7-11-18;1-3-6-4-5-2/h5-13,15,22-25H,2-4,14H2,1H3;4H,3H2,1-2H3,(H,5,6). The number of fused-ring (bicyclic) bond motifs is 1. The zero-order chi connectivity index (χ0) is 22.9. The van der Waals surface area contributed by atoms with E-state index in [0.717, 1.165) is 36.6 Å². The molecule has 0 radical (unpaired) electrons. The highest BCUT2D eigenvalue weighted by molar-refractivity contribution is 5.85. The Hall–Kier alpha value is -3.47. The molecule has 1 saturated heterocycles. The fourth-order valence-electron chi connectivity index (χ4n) is 4.15. The molecule has 2 atom stereocenters. The van der Waals surface area contributed by atoms with Gasteiger partial charge in [0, 0.05) is 54.3 Å². The molecule has 3 aromatic rings. The van der Waals surface area contributed by atoms with E-state index in [0.29, 0.717) is 0 Å². The number of rotatable bonds is 7. The molecule has 0 saturated carbocycles. The second-order valence-electron chi connectivity index (χ2n) is 7.88. The van der Waals surface area contributed by atoms with Gasteiger partial charge in [-0.05, 0) is 37.1 Å². The average Bonchev–Trinajstić information content (AvgIpc) is 3.30. The first kappa shape index (κ1) is 23.2. The fraction of sp³-hybridized carbons (Fsp3) is 0.296. The minimum atomic E-state index is 0.0748. The molecule has 5 nitrogen and oxygen atoms in total. The Labute approximate surface area is 191 Å². The minimum absolute atomic E-state index is 0.0748. The van der Waals surface area contributed by atoms with E-state index in [4.69, 9.17) is 0 Å². The summed E-state index contributed by atoms with van der Waals surface area (Å²) >= 11 is 0. The third kappa shape index (κ3) is 5.22. The number of aliphatic imine (C=N–C) groups is 1. The Balaban J connectivity index is 0.000000427. The van der Waals surface area contributed by atoms with Gasteiger partial charge in [0.1, 0.15) is 0 Å². The molecule has 1 aromatic heterocycles. The second kappa shape index (κ2) is 11.2. The molecule has 32 heavy (non-hydrogen) atoms. The van der Waals surface area contributed by atoms with Crippen LogP contribution >= 0.6 is 0 Å². The van der Waals surface area contributed by atoms with Crippen molar-refractivity contribution in [2.75, 3.05) is 18.9 Å². The van der Waals surface area contributed by atoms with Crippen LogP contribution in [-0.4, -0.2) is 30.5 Å². The van der Waals surface area contributed by atoms with E-state index < -0.39 is 0 Å². The van der Waals surface area contributed by atoms with Gasteiger partial charge in [-0.3, -0.25) is 4.99 Å². The summed E-state index contributed by atoms with van der Waals surface area (Å²) in [6, 6.07) is 19.0. The Bertz CT molecular complexity index is 1060.